The molecule has 2 rings (SSSR count). The number of guanidine groups is 2. The SMILES string of the molecule is CC(C)(C)C1CNC(=N[N+](=O)[O-])NC1.O=[N+]([O-])N=C1NCC([N+](=O)[O-])CN1. The highest BCUT2D eigenvalue weighted by Gasteiger charge is 2.28. The number of hydrogen-bond acceptors (Lipinski definition) is 6. The number of rotatable bonds is 3. The Kier molecular flexibility index (Phi) is 7.62. The first-order valence-electron chi connectivity index (χ1n) is 8.04. The second kappa shape index (κ2) is 9.44. The van der Waals surface area contributed by atoms with Crippen molar-refractivity contribution in [1.82, 2.24) is 21.3 Å². The van der Waals surface area contributed by atoms with Gasteiger partial charge in [-0.3, -0.25) is 10.1 Å². The van der Waals surface area contributed by atoms with Gasteiger partial charge in [-0.15, -0.1) is 0 Å². The molecule has 152 valence electrons. The number of hydrazone groups is 2. The summed E-state index contributed by atoms with van der Waals surface area (Å²) in [5, 5.41) is 45.4. The van der Waals surface area contributed by atoms with Crippen LogP contribution in [0.3, 0.4) is 0 Å². The average molecular weight is 389 g/mol. The molecule has 0 atom stereocenters. The average Bonchev–Trinajstić information content (AvgIpc) is 2.54. The maximum Gasteiger partial charge on any atom is 0.269 e. The van der Waals surface area contributed by atoms with Crippen LogP contribution < -0.4 is 21.3 Å². The molecule has 0 amide bonds. The zero-order valence-electron chi connectivity index (χ0n) is 15.2. The van der Waals surface area contributed by atoms with Crippen molar-refractivity contribution in [3.63, 3.8) is 0 Å². The molecule has 0 aromatic heterocycles. The smallest absolute Gasteiger partial charge is 0.269 e. The molecule has 2 fully saturated rings. The molecule has 0 aromatic rings. The van der Waals surface area contributed by atoms with Gasteiger partial charge in [0.05, 0.1) is 13.1 Å². The summed E-state index contributed by atoms with van der Waals surface area (Å²) in [5.74, 6) is 0.673. The van der Waals surface area contributed by atoms with E-state index >= 15 is 0 Å². The predicted octanol–water partition coefficient (Wildman–Crippen LogP) is -1.24. The van der Waals surface area contributed by atoms with Gasteiger partial charge < -0.3 is 21.3 Å². The number of nitrogens with one attached hydrogen (secondary N) is 4. The molecule has 0 bridgehead atoms. The molecular weight excluding hydrogens is 366 g/mol. The van der Waals surface area contributed by atoms with Gasteiger partial charge in [-0.2, -0.15) is 0 Å². The summed E-state index contributed by atoms with van der Waals surface area (Å²) >= 11 is 0. The number of nitro groups is 3. The summed E-state index contributed by atoms with van der Waals surface area (Å²) in [5.41, 5.74) is 0.195. The van der Waals surface area contributed by atoms with Crippen molar-refractivity contribution in [3.05, 3.63) is 30.3 Å². The molecule has 0 aliphatic carbocycles. The van der Waals surface area contributed by atoms with Gasteiger partial charge in [0.2, 0.25) is 6.04 Å². The molecule has 0 unspecified atom stereocenters. The van der Waals surface area contributed by atoms with E-state index in [1.807, 2.05) is 0 Å². The fourth-order valence-corrected chi connectivity index (χ4v) is 2.20. The maximum absolute atomic E-state index is 10.2. The molecule has 15 heteroatoms. The van der Waals surface area contributed by atoms with Crippen molar-refractivity contribution in [2.75, 3.05) is 26.2 Å². The Balaban J connectivity index is 0.000000271. The van der Waals surface area contributed by atoms with Gasteiger partial charge in [0, 0.05) is 18.0 Å². The van der Waals surface area contributed by atoms with Gasteiger partial charge in [-0.05, 0) is 11.3 Å². The standard InChI is InChI=1S/C8H16N4O2.C4H7N5O4/c1-8(2,3)6-4-9-7(10-5-6)11-12(13)14;10-8(11)3-1-5-4(6-2-3)7-9(12)13/h6H,4-5H2,1-3H3,(H2,9,10,11);3H,1-2H2,(H2,5,6,7). The highest BCUT2D eigenvalue weighted by atomic mass is 16.7. The lowest BCUT2D eigenvalue weighted by molar-refractivity contribution is -0.518. The fourth-order valence-electron chi connectivity index (χ4n) is 2.20. The molecular formula is C12H23N9O6. The van der Waals surface area contributed by atoms with Crippen molar-refractivity contribution in [2.24, 2.45) is 21.5 Å². The molecule has 15 nitrogen and oxygen atoms in total. The first-order chi connectivity index (χ1) is 12.5. The van der Waals surface area contributed by atoms with Crippen molar-refractivity contribution in [2.45, 2.75) is 26.8 Å². The Morgan fingerprint density at radius 3 is 1.48 bits per heavy atom. The third kappa shape index (κ3) is 8.10. The molecule has 27 heavy (non-hydrogen) atoms. The van der Waals surface area contributed by atoms with Crippen LogP contribution in [0.15, 0.2) is 10.2 Å². The first kappa shape index (κ1) is 21.8. The van der Waals surface area contributed by atoms with E-state index in [9.17, 15) is 30.3 Å². The largest absolute Gasteiger partial charge is 0.351 e. The second-order valence-corrected chi connectivity index (χ2v) is 6.90. The highest BCUT2D eigenvalue weighted by Crippen LogP contribution is 2.25. The third-order valence-corrected chi connectivity index (χ3v) is 3.93. The summed E-state index contributed by atoms with van der Waals surface area (Å²) in [7, 11) is 0. The first-order valence-corrected chi connectivity index (χ1v) is 8.04. The van der Waals surface area contributed by atoms with Crippen LogP contribution in [0.1, 0.15) is 20.8 Å². The zero-order valence-corrected chi connectivity index (χ0v) is 15.2. The topological polar surface area (TPSA) is 202 Å². The van der Waals surface area contributed by atoms with Gasteiger partial charge in [-0.25, -0.2) is 20.2 Å². The lowest BCUT2D eigenvalue weighted by Crippen LogP contribution is -2.54. The molecule has 2 saturated heterocycles. The van der Waals surface area contributed by atoms with Crippen LogP contribution in [-0.2, 0) is 0 Å². The molecule has 0 aromatic carbocycles. The quantitative estimate of drug-likeness (QED) is 0.334. The van der Waals surface area contributed by atoms with Crippen molar-refractivity contribution in [3.8, 4) is 0 Å². The summed E-state index contributed by atoms with van der Waals surface area (Å²) < 4.78 is 0. The van der Waals surface area contributed by atoms with E-state index < -0.39 is 21.0 Å². The number of nitrogens with zero attached hydrogens (tertiary/aromatic N) is 5. The molecule has 0 saturated carbocycles. The molecule has 2 aliphatic heterocycles. The molecule has 2 heterocycles. The summed E-state index contributed by atoms with van der Waals surface area (Å²) in [6.45, 7) is 8.00. The van der Waals surface area contributed by atoms with Crippen LogP contribution in [0.4, 0.5) is 0 Å². The minimum absolute atomic E-state index is 0.0388. The van der Waals surface area contributed by atoms with Crippen LogP contribution in [0.25, 0.3) is 0 Å². The number of hydrogen-bond donors (Lipinski definition) is 4. The van der Waals surface area contributed by atoms with E-state index in [2.05, 4.69) is 52.2 Å². The monoisotopic (exact) mass is 389 g/mol. The second-order valence-electron chi connectivity index (χ2n) is 6.90. The van der Waals surface area contributed by atoms with Crippen molar-refractivity contribution >= 4 is 11.9 Å². The lowest BCUT2D eigenvalue weighted by Gasteiger charge is -2.34. The zero-order chi connectivity index (χ0) is 20.6. The Morgan fingerprint density at radius 1 is 0.815 bits per heavy atom. The maximum atomic E-state index is 10.2. The van der Waals surface area contributed by atoms with E-state index in [0.717, 1.165) is 13.1 Å². The summed E-state index contributed by atoms with van der Waals surface area (Å²) in [6, 6.07) is -0.772. The normalized spacial score (nSPS) is 21.7. The summed E-state index contributed by atoms with van der Waals surface area (Å²) in [6.07, 6.45) is 0. The van der Waals surface area contributed by atoms with E-state index in [4.69, 9.17) is 0 Å². The van der Waals surface area contributed by atoms with Crippen molar-refractivity contribution < 1.29 is 15.0 Å². The fraction of sp³-hybridized carbons (Fsp3) is 0.833. The lowest BCUT2D eigenvalue weighted by atomic mass is 9.80. The van der Waals surface area contributed by atoms with E-state index in [1.165, 1.54) is 0 Å². The van der Waals surface area contributed by atoms with Crippen LogP contribution in [0, 0.1) is 41.7 Å². The summed E-state index contributed by atoms with van der Waals surface area (Å²) in [4.78, 5) is 29.8. The van der Waals surface area contributed by atoms with Gasteiger partial charge in [0.1, 0.15) is 10.2 Å². The van der Waals surface area contributed by atoms with Crippen LogP contribution in [-0.4, -0.2) is 59.1 Å². The Labute approximate surface area is 154 Å². The molecule has 4 N–H and O–H groups in total. The van der Waals surface area contributed by atoms with Gasteiger partial charge in [0.15, 0.2) is 10.1 Å². The Morgan fingerprint density at radius 2 is 1.19 bits per heavy atom. The molecule has 0 radical (unpaired) electrons. The van der Waals surface area contributed by atoms with Gasteiger partial charge >= 0.3 is 0 Å². The van der Waals surface area contributed by atoms with Crippen LogP contribution in [0.2, 0.25) is 0 Å². The third-order valence-electron chi connectivity index (χ3n) is 3.93. The van der Waals surface area contributed by atoms with E-state index in [1.54, 1.807) is 0 Å². The molecule has 2 aliphatic rings. The minimum atomic E-state index is -0.873. The Bertz CT molecular complexity index is 609. The van der Waals surface area contributed by atoms with Gasteiger partial charge in [0.25, 0.3) is 11.9 Å². The van der Waals surface area contributed by atoms with E-state index in [0.29, 0.717) is 5.92 Å². The Hall–Kier alpha value is -3.26. The predicted molar refractivity (Wildman–Crippen MR) is 94.6 cm³/mol. The minimum Gasteiger partial charge on any atom is -0.351 e. The highest BCUT2D eigenvalue weighted by molar-refractivity contribution is 5.80. The van der Waals surface area contributed by atoms with Crippen LogP contribution >= 0.6 is 0 Å². The van der Waals surface area contributed by atoms with Crippen molar-refractivity contribution in [1.29, 1.82) is 0 Å². The van der Waals surface area contributed by atoms with Crippen LogP contribution in [0.5, 0.6) is 0 Å². The van der Waals surface area contributed by atoms with E-state index in [-0.39, 0.29) is 30.4 Å². The van der Waals surface area contributed by atoms with Gasteiger partial charge in [-0.1, -0.05) is 20.8 Å². The molecule has 0 spiro atoms.